The van der Waals surface area contributed by atoms with E-state index in [1.807, 2.05) is 55.4 Å². The summed E-state index contributed by atoms with van der Waals surface area (Å²) in [6.45, 7) is 2.79. The van der Waals surface area contributed by atoms with E-state index in [0.717, 1.165) is 18.5 Å². The summed E-state index contributed by atoms with van der Waals surface area (Å²) in [6.07, 6.45) is 2.13. The minimum Gasteiger partial charge on any atom is -0.484 e. The molecule has 0 fully saturated rings. The van der Waals surface area contributed by atoms with E-state index in [4.69, 9.17) is 4.74 Å². The van der Waals surface area contributed by atoms with Gasteiger partial charge < -0.3 is 20.3 Å². The Morgan fingerprint density at radius 1 is 0.929 bits per heavy atom. The van der Waals surface area contributed by atoms with Crippen LogP contribution >= 0.6 is 0 Å². The van der Waals surface area contributed by atoms with Crippen molar-refractivity contribution in [2.45, 2.75) is 19.8 Å². The summed E-state index contributed by atoms with van der Waals surface area (Å²) in [4.78, 5) is 25.9. The second-order valence-corrected chi connectivity index (χ2v) is 6.73. The zero-order valence-corrected chi connectivity index (χ0v) is 16.8. The topological polar surface area (TPSA) is 70.7 Å². The number of hydrogen-bond donors (Lipinski definition) is 2. The van der Waals surface area contributed by atoms with Crippen LogP contribution in [-0.4, -0.2) is 45.6 Å². The highest BCUT2D eigenvalue weighted by atomic mass is 16.5. The molecule has 0 unspecified atom stereocenters. The number of anilines is 1. The van der Waals surface area contributed by atoms with Crippen molar-refractivity contribution in [3.05, 3.63) is 59.7 Å². The summed E-state index contributed by atoms with van der Waals surface area (Å²) in [7, 11) is 3.89. The maximum atomic E-state index is 12.1. The van der Waals surface area contributed by atoms with Gasteiger partial charge in [0.25, 0.3) is 11.8 Å². The Morgan fingerprint density at radius 2 is 1.57 bits per heavy atom. The first-order valence-corrected chi connectivity index (χ1v) is 9.53. The van der Waals surface area contributed by atoms with Crippen molar-refractivity contribution < 1.29 is 14.3 Å². The lowest BCUT2D eigenvalue weighted by atomic mass is 10.1. The Morgan fingerprint density at radius 3 is 2.18 bits per heavy atom. The van der Waals surface area contributed by atoms with E-state index in [2.05, 4.69) is 17.6 Å². The molecule has 6 nitrogen and oxygen atoms in total. The standard InChI is InChI=1S/C22H29N3O3/c1-4-5-17-6-12-20(13-7-17)28-16-21(26)23-14-15-24-22(27)18-8-10-19(11-9-18)25(2)3/h6-13H,4-5,14-16H2,1-3H3,(H,23,26)(H,24,27). The van der Waals surface area contributed by atoms with E-state index in [-0.39, 0.29) is 18.4 Å². The largest absolute Gasteiger partial charge is 0.484 e. The molecule has 0 bridgehead atoms. The molecule has 0 aliphatic carbocycles. The van der Waals surface area contributed by atoms with Crippen LogP contribution in [0.3, 0.4) is 0 Å². The van der Waals surface area contributed by atoms with Crippen molar-refractivity contribution in [1.29, 1.82) is 0 Å². The molecule has 0 heterocycles. The van der Waals surface area contributed by atoms with Crippen LogP contribution in [0.4, 0.5) is 5.69 Å². The molecule has 2 aromatic rings. The second-order valence-electron chi connectivity index (χ2n) is 6.73. The molecular weight excluding hydrogens is 354 g/mol. The van der Waals surface area contributed by atoms with Gasteiger partial charge in [-0.3, -0.25) is 9.59 Å². The lowest BCUT2D eigenvalue weighted by molar-refractivity contribution is -0.123. The molecule has 0 aromatic heterocycles. The van der Waals surface area contributed by atoms with Gasteiger partial charge in [0.15, 0.2) is 6.61 Å². The highest BCUT2D eigenvalue weighted by Crippen LogP contribution is 2.13. The predicted molar refractivity (Wildman–Crippen MR) is 112 cm³/mol. The number of ether oxygens (including phenoxy) is 1. The summed E-state index contributed by atoms with van der Waals surface area (Å²) < 4.78 is 5.48. The Kier molecular flexibility index (Phi) is 8.34. The molecule has 6 heteroatoms. The van der Waals surface area contributed by atoms with Crippen molar-refractivity contribution in [2.24, 2.45) is 0 Å². The number of benzene rings is 2. The van der Waals surface area contributed by atoms with Crippen LogP contribution in [0.5, 0.6) is 5.75 Å². The minimum atomic E-state index is -0.220. The third-order valence-electron chi connectivity index (χ3n) is 4.21. The van der Waals surface area contributed by atoms with E-state index >= 15 is 0 Å². The first-order chi connectivity index (χ1) is 13.5. The van der Waals surface area contributed by atoms with Gasteiger partial charge in [-0.25, -0.2) is 0 Å². The summed E-state index contributed by atoms with van der Waals surface area (Å²) in [5.41, 5.74) is 2.88. The fraction of sp³-hybridized carbons (Fsp3) is 0.364. The third-order valence-corrected chi connectivity index (χ3v) is 4.21. The zero-order chi connectivity index (χ0) is 20.4. The van der Waals surface area contributed by atoms with Gasteiger partial charge in [0.2, 0.25) is 0 Å². The van der Waals surface area contributed by atoms with Gasteiger partial charge in [-0.05, 0) is 48.4 Å². The van der Waals surface area contributed by atoms with Crippen LogP contribution < -0.4 is 20.3 Å². The van der Waals surface area contributed by atoms with Crippen molar-refractivity contribution in [1.82, 2.24) is 10.6 Å². The van der Waals surface area contributed by atoms with Gasteiger partial charge in [-0.1, -0.05) is 25.5 Å². The predicted octanol–water partition coefficient (Wildman–Crippen LogP) is 2.63. The molecule has 0 atom stereocenters. The summed E-state index contributed by atoms with van der Waals surface area (Å²) in [5.74, 6) is 0.287. The molecule has 0 saturated carbocycles. The Bertz CT molecular complexity index is 756. The Balaban J connectivity index is 1.64. The average molecular weight is 383 g/mol. The van der Waals surface area contributed by atoms with E-state index in [9.17, 15) is 9.59 Å². The van der Waals surface area contributed by atoms with Gasteiger partial charge in [-0.15, -0.1) is 0 Å². The Labute approximate surface area is 166 Å². The van der Waals surface area contributed by atoms with Crippen LogP contribution in [0.25, 0.3) is 0 Å². The number of amides is 2. The summed E-state index contributed by atoms with van der Waals surface area (Å²) in [5, 5.41) is 5.52. The number of nitrogens with zero attached hydrogens (tertiary/aromatic N) is 1. The van der Waals surface area contributed by atoms with Crippen molar-refractivity contribution in [3.8, 4) is 5.75 Å². The van der Waals surface area contributed by atoms with E-state index in [1.54, 1.807) is 12.1 Å². The summed E-state index contributed by atoms with van der Waals surface area (Å²) in [6, 6.07) is 15.1. The second kappa shape index (κ2) is 11.0. The SMILES string of the molecule is CCCc1ccc(OCC(=O)NCCNC(=O)c2ccc(N(C)C)cc2)cc1. The number of rotatable bonds is 10. The molecule has 2 N–H and O–H groups in total. The highest BCUT2D eigenvalue weighted by Gasteiger charge is 2.06. The molecule has 0 saturated heterocycles. The normalized spacial score (nSPS) is 10.2. The number of carbonyl (C=O) groups excluding carboxylic acids is 2. The molecule has 2 rings (SSSR count). The molecule has 0 aliphatic rings. The molecule has 0 spiro atoms. The molecule has 28 heavy (non-hydrogen) atoms. The molecule has 0 aliphatic heterocycles. The maximum absolute atomic E-state index is 12.1. The molecule has 2 amide bonds. The number of carbonyl (C=O) groups is 2. The number of aryl methyl sites for hydroxylation is 1. The van der Waals surface area contributed by atoms with Crippen LogP contribution in [0, 0.1) is 0 Å². The lowest BCUT2D eigenvalue weighted by Crippen LogP contribution is -2.36. The Hall–Kier alpha value is -3.02. The first kappa shape index (κ1) is 21.3. The average Bonchev–Trinajstić information content (AvgIpc) is 2.71. The van der Waals surface area contributed by atoms with E-state index in [0.29, 0.717) is 24.4 Å². The smallest absolute Gasteiger partial charge is 0.258 e. The summed E-state index contributed by atoms with van der Waals surface area (Å²) >= 11 is 0. The fourth-order valence-corrected chi connectivity index (χ4v) is 2.63. The monoisotopic (exact) mass is 383 g/mol. The third kappa shape index (κ3) is 6.95. The number of nitrogens with one attached hydrogen (secondary N) is 2. The van der Waals surface area contributed by atoms with Crippen LogP contribution in [0.2, 0.25) is 0 Å². The van der Waals surface area contributed by atoms with Gasteiger partial charge in [-0.2, -0.15) is 0 Å². The maximum Gasteiger partial charge on any atom is 0.258 e. The van der Waals surface area contributed by atoms with Gasteiger partial charge in [0.1, 0.15) is 5.75 Å². The van der Waals surface area contributed by atoms with Crippen molar-refractivity contribution in [3.63, 3.8) is 0 Å². The molecule has 150 valence electrons. The number of hydrogen-bond acceptors (Lipinski definition) is 4. The lowest BCUT2D eigenvalue weighted by Gasteiger charge is -2.12. The fourth-order valence-electron chi connectivity index (χ4n) is 2.63. The van der Waals surface area contributed by atoms with Crippen molar-refractivity contribution in [2.75, 3.05) is 38.7 Å². The first-order valence-electron chi connectivity index (χ1n) is 9.53. The molecule has 0 radical (unpaired) electrons. The molecule has 2 aromatic carbocycles. The highest BCUT2D eigenvalue weighted by molar-refractivity contribution is 5.94. The van der Waals surface area contributed by atoms with Crippen LogP contribution in [-0.2, 0) is 11.2 Å². The van der Waals surface area contributed by atoms with Crippen molar-refractivity contribution >= 4 is 17.5 Å². The molecular formula is C22H29N3O3. The van der Waals surface area contributed by atoms with Gasteiger partial charge in [0, 0.05) is 38.4 Å². The minimum absolute atomic E-state index is 0.0485. The van der Waals surface area contributed by atoms with Crippen LogP contribution in [0.15, 0.2) is 48.5 Å². The van der Waals surface area contributed by atoms with Crippen LogP contribution in [0.1, 0.15) is 29.3 Å². The quantitative estimate of drug-likeness (QED) is 0.619. The zero-order valence-electron chi connectivity index (χ0n) is 16.8. The van der Waals surface area contributed by atoms with E-state index in [1.165, 1.54) is 5.56 Å². The van der Waals surface area contributed by atoms with Gasteiger partial charge in [0.05, 0.1) is 0 Å². The van der Waals surface area contributed by atoms with E-state index < -0.39 is 0 Å². The van der Waals surface area contributed by atoms with Gasteiger partial charge >= 0.3 is 0 Å².